The van der Waals surface area contributed by atoms with E-state index in [1.165, 1.54) is 16.7 Å². The van der Waals surface area contributed by atoms with E-state index >= 15 is 0 Å². The molecule has 43 heavy (non-hydrogen) atoms. The van der Waals surface area contributed by atoms with Crippen LogP contribution < -0.4 is 24.4 Å². The molecule has 2 heterocycles. The highest BCUT2D eigenvalue weighted by Crippen LogP contribution is 2.31. The minimum atomic E-state index is -0.682. The van der Waals surface area contributed by atoms with Crippen molar-refractivity contribution < 1.29 is 19.0 Å². The summed E-state index contributed by atoms with van der Waals surface area (Å²) in [6.07, 6.45) is 1.84. The first-order chi connectivity index (χ1) is 21.0. The third-order valence-electron chi connectivity index (χ3n) is 7.38. The van der Waals surface area contributed by atoms with Gasteiger partial charge in [-0.05, 0) is 71.7 Å². The predicted molar refractivity (Wildman–Crippen MR) is 168 cm³/mol. The van der Waals surface area contributed by atoms with Crippen molar-refractivity contribution in [2.75, 3.05) is 13.7 Å². The van der Waals surface area contributed by atoms with Crippen LogP contribution in [0.2, 0.25) is 0 Å². The van der Waals surface area contributed by atoms with E-state index in [9.17, 15) is 9.59 Å². The molecule has 5 aromatic rings. The molecule has 0 bridgehead atoms. The molecule has 4 aromatic carbocycles. The number of carbonyl (C=O) groups excluding carboxylic acids is 1. The third-order valence-corrected chi connectivity index (χ3v) is 8.36. The van der Waals surface area contributed by atoms with Gasteiger partial charge in [0.15, 0.2) is 4.80 Å². The molecular weight excluding hydrogens is 560 g/mol. The van der Waals surface area contributed by atoms with Gasteiger partial charge in [-0.1, -0.05) is 78.1 Å². The van der Waals surface area contributed by atoms with Gasteiger partial charge >= 0.3 is 5.97 Å². The molecule has 0 amide bonds. The standard InChI is InChI=1S/C35H30N2O5S/c1-4-41-34(39)31-22(2)36-35-37(32(31)25-15-17-27(40-3)18-16-25)33(38)30(43-35)20-23-9-7-13-28(19-23)42-21-26-12-8-11-24-10-5-6-14-29(24)26/h5-20,32H,4,21H2,1-3H3/b30-20+/t32-/m1/s1. The van der Waals surface area contributed by atoms with E-state index in [4.69, 9.17) is 14.2 Å². The maximum atomic E-state index is 13.9. The second kappa shape index (κ2) is 12.1. The van der Waals surface area contributed by atoms with Crippen LogP contribution in [0.5, 0.6) is 11.5 Å². The summed E-state index contributed by atoms with van der Waals surface area (Å²) in [5.74, 6) is 0.887. The molecule has 6 rings (SSSR count). The highest BCUT2D eigenvalue weighted by Gasteiger charge is 2.33. The number of nitrogens with zero attached hydrogens (tertiary/aromatic N) is 2. The second-order valence-corrected chi connectivity index (χ2v) is 11.1. The summed E-state index contributed by atoms with van der Waals surface area (Å²) in [5, 5.41) is 2.33. The quantitative estimate of drug-likeness (QED) is 0.222. The number of methoxy groups -OCH3 is 1. The Morgan fingerprint density at radius 3 is 2.53 bits per heavy atom. The van der Waals surface area contributed by atoms with Crippen LogP contribution in [-0.2, 0) is 16.1 Å². The first-order valence-electron chi connectivity index (χ1n) is 14.0. The topological polar surface area (TPSA) is 79.1 Å². The summed E-state index contributed by atoms with van der Waals surface area (Å²) < 4.78 is 19.0. The number of benzene rings is 4. The van der Waals surface area contributed by atoms with Gasteiger partial charge in [0.05, 0.1) is 35.6 Å². The lowest BCUT2D eigenvalue weighted by atomic mass is 9.96. The normalized spacial score (nSPS) is 14.8. The number of allylic oxidation sites excluding steroid dienone is 1. The number of esters is 1. The fourth-order valence-electron chi connectivity index (χ4n) is 5.32. The number of fused-ring (bicyclic) bond motifs is 2. The monoisotopic (exact) mass is 590 g/mol. The summed E-state index contributed by atoms with van der Waals surface area (Å²) >= 11 is 1.29. The Labute approximate surface area is 252 Å². The Hall–Kier alpha value is -4.95. The van der Waals surface area contributed by atoms with E-state index in [0.717, 1.165) is 22.1 Å². The minimum absolute atomic E-state index is 0.217. The van der Waals surface area contributed by atoms with Crippen LogP contribution in [-0.4, -0.2) is 24.3 Å². The highest BCUT2D eigenvalue weighted by atomic mass is 32.1. The SMILES string of the molecule is CCOC(=O)C1=C(C)N=c2s/c(=C/c3cccc(OCc4cccc5ccccc45)c3)c(=O)n2[C@@H]1c1ccc(OC)cc1. The van der Waals surface area contributed by atoms with Crippen molar-refractivity contribution >= 4 is 34.2 Å². The van der Waals surface area contributed by atoms with Crippen molar-refractivity contribution in [1.82, 2.24) is 4.57 Å². The predicted octanol–water partition coefficient (Wildman–Crippen LogP) is 5.54. The molecule has 0 spiro atoms. The zero-order chi connectivity index (χ0) is 29.9. The molecule has 0 unspecified atom stereocenters. The molecule has 1 aliphatic rings. The van der Waals surface area contributed by atoms with Crippen LogP contribution in [0.4, 0.5) is 0 Å². The molecular formula is C35H30N2O5S. The minimum Gasteiger partial charge on any atom is -0.497 e. The molecule has 0 radical (unpaired) electrons. The molecule has 1 aliphatic heterocycles. The van der Waals surface area contributed by atoms with Crippen molar-refractivity contribution in [3.05, 3.63) is 139 Å². The zero-order valence-corrected chi connectivity index (χ0v) is 24.9. The van der Waals surface area contributed by atoms with E-state index in [0.29, 0.717) is 38.7 Å². The average molecular weight is 591 g/mol. The number of thiazole rings is 1. The molecule has 0 fully saturated rings. The molecule has 8 heteroatoms. The summed E-state index contributed by atoms with van der Waals surface area (Å²) in [5.41, 5.74) is 3.31. The lowest BCUT2D eigenvalue weighted by molar-refractivity contribution is -0.139. The van der Waals surface area contributed by atoms with E-state index in [2.05, 4.69) is 29.3 Å². The Morgan fingerprint density at radius 1 is 0.977 bits per heavy atom. The van der Waals surface area contributed by atoms with E-state index in [-0.39, 0.29) is 12.2 Å². The number of carbonyl (C=O) groups is 1. The van der Waals surface area contributed by atoms with Crippen LogP contribution in [0.25, 0.3) is 16.8 Å². The molecule has 1 atom stereocenters. The third kappa shape index (κ3) is 5.61. The van der Waals surface area contributed by atoms with Crippen LogP contribution in [0, 0.1) is 0 Å². The highest BCUT2D eigenvalue weighted by molar-refractivity contribution is 7.07. The van der Waals surface area contributed by atoms with Gasteiger partial charge in [0.2, 0.25) is 0 Å². The maximum Gasteiger partial charge on any atom is 0.338 e. The number of rotatable bonds is 8. The molecule has 0 aliphatic carbocycles. The van der Waals surface area contributed by atoms with Gasteiger partial charge in [0, 0.05) is 0 Å². The van der Waals surface area contributed by atoms with Gasteiger partial charge in [0.1, 0.15) is 18.1 Å². The number of aromatic nitrogens is 1. The van der Waals surface area contributed by atoms with Crippen molar-refractivity contribution in [3.63, 3.8) is 0 Å². The Bertz CT molecular complexity index is 2030. The molecule has 7 nitrogen and oxygen atoms in total. The molecule has 216 valence electrons. The largest absolute Gasteiger partial charge is 0.497 e. The number of hydrogen-bond donors (Lipinski definition) is 0. The van der Waals surface area contributed by atoms with E-state index in [1.54, 1.807) is 25.5 Å². The van der Waals surface area contributed by atoms with Crippen molar-refractivity contribution in [2.24, 2.45) is 4.99 Å². The van der Waals surface area contributed by atoms with E-state index in [1.807, 2.05) is 72.8 Å². The van der Waals surface area contributed by atoms with Gasteiger partial charge in [-0.15, -0.1) is 0 Å². The van der Waals surface area contributed by atoms with Crippen LogP contribution in [0.15, 0.2) is 112 Å². The second-order valence-electron chi connectivity index (χ2n) is 10.1. The molecule has 0 N–H and O–H groups in total. The summed E-state index contributed by atoms with van der Waals surface area (Å²) in [4.78, 5) is 32.2. The lowest BCUT2D eigenvalue weighted by Crippen LogP contribution is -2.39. The van der Waals surface area contributed by atoms with Crippen molar-refractivity contribution in [2.45, 2.75) is 26.5 Å². The number of hydrogen-bond acceptors (Lipinski definition) is 7. The van der Waals surface area contributed by atoms with Gasteiger partial charge < -0.3 is 14.2 Å². The van der Waals surface area contributed by atoms with Gasteiger partial charge in [0.25, 0.3) is 5.56 Å². The summed E-state index contributed by atoms with van der Waals surface area (Å²) in [6, 6.07) is 28.7. The Balaban J connectivity index is 1.36. The van der Waals surface area contributed by atoms with Crippen LogP contribution in [0.1, 0.15) is 36.6 Å². The first kappa shape index (κ1) is 28.2. The summed E-state index contributed by atoms with van der Waals surface area (Å²) in [6.45, 7) is 4.17. The summed E-state index contributed by atoms with van der Waals surface area (Å²) in [7, 11) is 1.59. The Kier molecular flexibility index (Phi) is 7.94. The zero-order valence-electron chi connectivity index (χ0n) is 24.1. The smallest absolute Gasteiger partial charge is 0.338 e. The molecule has 1 aromatic heterocycles. The molecule has 0 saturated heterocycles. The molecule has 0 saturated carbocycles. The van der Waals surface area contributed by atoms with Crippen LogP contribution >= 0.6 is 11.3 Å². The van der Waals surface area contributed by atoms with Crippen LogP contribution in [0.3, 0.4) is 0 Å². The first-order valence-corrected chi connectivity index (χ1v) is 14.8. The average Bonchev–Trinajstić information content (AvgIpc) is 3.33. The van der Waals surface area contributed by atoms with Gasteiger partial charge in [-0.2, -0.15) is 0 Å². The fraction of sp³-hybridized carbons (Fsp3) is 0.171. The van der Waals surface area contributed by atoms with E-state index < -0.39 is 12.0 Å². The maximum absolute atomic E-state index is 13.9. The lowest BCUT2D eigenvalue weighted by Gasteiger charge is -2.24. The van der Waals surface area contributed by atoms with Crippen molar-refractivity contribution in [1.29, 1.82) is 0 Å². The van der Waals surface area contributed by atoms with Gasteiger partial charge in [-0.25, -0.2) is 9.79 Å². The number of ether oxygens (including phenoxy) is 3. The van der Waals surface area contributed by atoms with Gasteiger partial charge in [-0.3, -0.25) is 9.36 Å². The Morgan fingerprint density at radius 2 is 1.74 bits per heavy atom. The fourth-order valence-corrected chi connectivity index (χ4v) is 6.36. The van der Waals surface area contributed by atoms with Crippen molar-refractivity contribution in [3.8, 4) is 11.5 Å².